The Morgan fingerprint density at radius 2 is 1.24 bits per heavy atom. The molecular weight excluding hydrogens is 901 g/mol. The number of para-hydroxylation sites is 1. The van der Waals surface area contributed by atoms with E-state index >= 15 is 9.59 Å². The van der Waals surface area contributed by atoms with Crippen molar-refractivity contribution in [3.63, 3.8) is 0 Å². The Morgan fingerprint density at radius 3 is 1.77 bits per heavy atom. The van der Waals surface area contributed by atoms with Crippen LogP contribution in [0.3, 0.4) is 0 Å². The number of fused-ring (bicyclic) bond motifs is 1. The van der Waals surface area contributed by atoms with Gasteiger partial charge in [-0.3, -0.25) is 24.0 Å². The van der Waals surface area contributed by atoms with Crippen LogP contribution >= 0.6 is 0 Å². The molecule has 7 atom stereocenters. The number of carbonyl (C=O) groups is 7. The van der Waals surface area contributed by atoms with Crippen LogP contribution in [0.5, 0.6) is 0 Å². The fraction of sp³-hybridized carbons (Fsp3) is 0.607. The standard InChI is InChI=1S/C56H82N6O9/c1-34(2)24-41(52(65)59(11)39(10)56(70)71-51(55(68)69)22-17-23-57)30-50(64)48(29-43-33-62(46-21-15-14-20-44(43)46)32-40-19-16-18-38(9)28-40)60(12)53(66)42(25-35(3)4)31-49(63)47(27-37(7)8)61(13)54(67)45(58)26-36(5)6/h14-16,18-21,28,33-37,39,41-42,45,47-48,51H,17,22,24-27,29-32,58H2,1-13H3,(H,68,69)/t39-,41+,42+,45-,47-,48-,51+/m0/s1. The monoisotopic (exact) mass is 983 g/mol. The van der Waals surface area contributed by atoms with Gasteiger partial charge in [-0.2, -0.15) is 5.26 Å². The summed E-state index contributed by atoms with van der Waals surface area (Å²) in [5, 5.41) is 19.5. The first kappa shape index (κ1) is 59.4. The number of hydrogen-bond acceptors (Lipinski definition) is 10. The second-order valence-corrected chi connectivity index (χ2v) is 21.4. The number of hydrogen-bond donors (Lipinski definition) is 2. The average molecular weight is 983 g/mol. The molecule has 0 saturated heterocycles. The lowest BCUT2D eigenvalue weighted by Crippen LogP contribution is -2.51. The number of amides is 3. The Kier molecular flexibility index (Phi) is 23.1. The van der Waals surface area contributed by atoms with Gasteiger partial charge in [0.1, 0.15) is 6.04 Å². The molecule has 0 spiro atoms. The normalized spacial score (nSPS) is 14.6. The van der Waals surface area contributed by atoms with Crippen LogP contribution in [0.1, 0.15) is 130 Å². The molecule has 0 aliphatic carbocycles. The zero-order valence-electron chi connectivity index (χ0n) is 44.6. The first-order valence-corrected chi connectivity index (χ1v) is 25.3. The molecule has 15 nitrogen and oxygen atoms in total. The minimum Gasteiger partial charge on any atom is -0.479 e. The Morgan fingerprint density at radius 1 is 0.704 bits per heavy atom. The highest BCUT2D eigenvalue weighted by atomic mass is 16.6. The fourth-order valence-corrected chi connectivity index (χ4v) is 9.46. The van der Waals surface area contributed by atoms with Crippen LogP contribution < -0.4 is 5.73 Å². The summed E-state index contributed by atoms with van der Waals surface area (Å²) < 4.78 is 7.37. The molecular formula is C56H82N6O9. The number of nitriles is 1. The van der Waals surface area contributed by atoms with Crippen LogP contribution in [0.25, 0.3) is 10.9 Å². The lowest BCUT2D eigenvalue weighted by molar-refractivity contribution is -0.169. The second-order valence-electron chi connectivity index (χ2n) is 21.4. The summed E-state index contributed by atoms with van der Waals surface area (Å²) in [5.41, 5.74) is 10.3. The maximum Gasteiger partial charge on any atom is 0.345 e. The number of carbonyl (C=O) groups excluding carboxylic acids is 6. The van der Waals surface area contributed by atoms with Crippen LogP contribution in [0.4, 0.5) is 0 Å². The van der Waals surface area contributed by atoms with E-state index in [-0.39, 0.29) is 73.9 Å². The number of ether oxygens (including phenoxy) is 1. The molecule has 390 valence electrons. The highest BCUT2D eigenvalue weighted by Crippen LogP contribution is 2.30. The lowest BCUT2D eigenvalue weighted by Gasteiger charge is -2.34. The summed E-state index contributed by atoms with van der Waals surface area (Å²) in [6, 6.07) is 14.0. The number of rotatable bonds is 29. The Labute approximate surface area is 422 Å². The molecule has 71 heavy (non-hydrogen) atoms. The van der Waals surface area contributed by atoms with Crippen molar-refractivity contribution in [1.29, 1.82) is 5.26 Å². The fourth-order valence-electron chi connectivity index (χ4n) is 9.46. The van der Waals surface area contributed by atoms with Crippen molar-refractivity contribution >= 4 is 52.1 Å². The van der Waals surface area contributed by atoms with Gasteiger partial charge < -0.3 is 34.8 Å². The first-order valence-electron chi connectivity index (χ1n) is 25.3. The van der Waals surface area contributed by atoms with Gasteiger partial charge in [0, 0.05) is 88.7 Å². The molecule has 0 aliphatic rings. The molecule has 1 aromatic heterocycles. The van der Waals surface area contributed by atoms with Crippen molar-refractivity contribution in [2.45, 2.75) is 164 Å². The van der Waals surface area contributed by atoms with Gasteiger partial charge in [0.25, 0.3) is 0 Å². The smallest absolute Gasteiger partial charge is 0.345 e. The van der Waals surface area contributed by atoms with E-state index in [0.717, 1.165) is 32.5 Å². The van der Waals surface area contributed by atoms with E-state index in [0.29, 0.717) is 25.8 Å². The number of ketones is 2. The summed E-state index contributed by atoms with van der Waals surface area (Å²) in [6.07, 6.45) is 1.09. The quantitative estimate of drug-likeness (QED) is 0.0636. The maximum absolute atomic E-state index is 15.2. The minimum absolute atomic E-state index is 0.0179. The highest BCUT2D eigenvalue weighted by Gasteiger charge is 2.39. The Bertz CT molecular complexity index is 2350. The zero-order chi connectivity index (χ0) is 53.4. The van der Waals surface area contributed by atoms with E-state index in [4.69, 9.17) is 15.7 Å². The van der Waals surface area contributed by atoms with Crippen molar-refractivity contribution in [2.75, 3.05) is 21.1 Å². The van der Waals surface area contributed by atoms with Gasteiger partial charge in [-0.25, -0.2) is 9.59 Å². The summed E-state index contributed by atoms with van der Waals surface area (Å²) in [7, 11) is 4.58. The highest BCUT2D eigenvalue weighted by molar-refractivity contribution is 5.97. The van der Waals surface area contributed by atoms with E-state index in [1.807, 2.05) is 111 Å². The number of aryl methyl sites for hydroxylation is 1. The number of carboxylic acid groups (broad SMARTS) is 1. The number of aromatic nitrogens is 1. The number of aliphatic carboxylic acids is 1. The van der Waals surface area contributed by atoms with E-state index in [9.17, 15) is 29.1 Å². The van der Waals surface area contributed by atoms with Crippen LogP contribution in [0, 0.1) is 53.8 Å². The van der Waals surface area contributed by atoms with Crippen LogP contribution in [-0.2, 0) is 51.3 Å². The molecule has 0 aliphatic heterocycles. The molecule has 3 rings (SSSR count). The molecule has 0 unspecified atom stereocenters. The number of Topliss-reactive ketones (excluding diaryl/α,β-unsaturated/α-hetero) is 2. The lowest BCUT2D eigenvalue weighted by atomic mass is 9.85. The molecule has 0 saturated carbocycles. The zero-order valence-corrected chi connectivity index (χ0v) is 44.6. The van der Waals surface area contributed by atoms with E-state index < -0.39 is 71.6 Å². The van der Waals surface area contributed by atoms with Crippen molar-refractivity contribution in [1.82, 2.24) is 19.3 Å². The summed E-state index contributed by atoms with van der Waals surface area (Å²) in [6.45, 7) is 19.6. The molecule has 3 N–H and O–H groups in total. The van der Waals surface area contributed by atoms with Gasteiger partial charge in [-0.05, 0) is 80.4 Å². The average Bonchev–Trinajstić information content (AvgIpc) is 3.64. The van der Waals surface area contributed by atoms with Gasteiger partial charge in [-0.15, -0.1) is 0 Å². The summed E-state index contributed by atoms with van der Waals surface area (Å²) >= 11 is 0. The van der Waals surface area contributed by atoms with Gasteiger partial charge in [0.15, 0.2) is 17.7 Å². The molecule has 3 amide bonds. The van der Waals surface area contributed by atoms with Crippen molar-refractivity contribution in [2.24, 2.45) is 41.2 Å². The molecule has 2 aromatic carbocycles. The molecule has 0 bridgehead atoms. The number of esters is 1. The molecule has 1 heterocycles. The largest absolute Gasteiger partial charge is 0.479 e. The Hall–Kier alpha value is -5.88. The second kappa shape index (κ2) is 27.7. The third-order valence-electron chi connectivity index (χ3n) is 13.3. The van der Waals surface area contributed by atoms with Crippen LogP contribution in [0.15, 0.2) is 54.7 Å². The predicted octanol–water partition coefficient (Wildman–Crippen LogP) is 8.00. The van der Waals surface area contributed by atoms with Gasteiger partial charge in [0.05, 0.1) is 24.2 Å². The maximum atomic E-state index is 15.2. The Balaban J connectivity index is 2.13. The topological polar surface area (TPSA) is 213 Å². The molecule has 15 heteroatoms. The third kappa shape index (κ3) is 17.4. The molecule has 0 fully saturated rings. The number of likely N-dealkylation sites (N-methyl/N-ethyl adjacent to an activating group) is 3. The number of nitrogens with two attached hydrogens (primary N) is 1. The van der Waals surface area contributed by atoms with Gasteiger partial charge in [-0.1, -0.05) is 103 Å². The minimum atomic E-state index is -1.58. The SMILES string of the molecule is Cc1cccc(Cn2cc(C[C@@H](C(=O)C[C@@H](CC(C)C)C(=O)N(C)[C@@H](C)C(=O)O[C@H](CCC#N)C(=O)O)N(C)C(=O)[C@@H](CC(=O)[C@H](CC(C)C)N(C)C(=O)[C@@H](N)CC(C)C)CC(C)C)c3ccccc32)c1. The van der Waals surface area contributed by atoms with Crippen molar-refractivity contribution in [3.05, 3.63) is 71.4 Å². The molecule has 0 radical (unpaired) electrons. The number of nitrogens with zero attached hydrogens (tertiary/aromatic N) is 5. The summed E-state index contributed by atoms with van der Waals surface area (Å²) in [5.74, 6) is -5.99. The van der Waals surface area contributed by atoms with Gasteiger partial charge in [0.2, 0.25) is 17.7 Å². The predicted molar refractivity (Wildman–Crippen MR) is 276 cm³/mol. The van der Waals surface area contributed by atoms with Gasteiger partial charge >= 0.3 is 11.9 Å². The summed E-state index contributed by atoms with van der Waals surface area (Å²) in [4.78, 5) is 102. The number of carboxylic acids is 1. The van der Waals surface area contributed by atoms with Crippen molar-refractivity contribution < 1.29 is 43.4 Å². The van der Waals surface area contributed by atoms with E-state index in [1.54, 1.807) is 14.1 Å². The molecule has 3 aromatic rings. The van der Waals surface area contributed by atoms with Crippen LogP contribution in [-0.4, -0.2) is 117 Å². The van der Waals surface area contributed by atoms with Crippen molar-refractivity contribution in [3.8, 4) is 6.07 Å². The first-order chi connectivity index (χ1) is 33.3. The third-order valence-corrected chi connectivity index (χ3v) is 13.3. The van der Waals surface area contributed by atoms with Crippen LogP contribution in [0.2, 0.25) is 0 Å². The van der Waals surface area contributed by atoms with E-state index in [1.165, 1.54) is 23.8 Å². The van der Waals surface area contributed by atoms with E-state index in [2.05, 4.69) is 16.7 Å². The number of benzene rings is 2.